The number of carbonyl (C=O) groups is 1. The van der Waals surface area contributed by atoms with Crippen LogP contribution in [-0.2, 0) is 0 Å². The highest BCUT2D eigenvalue weighted by Crippen LogP contribution is 2.37. The molecule has 1 N–H and O–H groups in total. The van der Waals surface area contributed by atoms with Crippen LogP contribution in [0.3, 0.4) is 0 Å². The summed E-state index contributed by atoms with van der Waals surface area (Å²) in [7, 11) is 0. The van der Waals surface area contributed by atoms with Gasteiger partial charge in [-0.15, -0.1) is 0 Å². The summed E-state index contributed by atoms with van der Waals surface area (Å²) in [5.74, 6) is -0.249. The molecule has 1 saturated heterocycles. The van der Waals surface area contributed by atoms with Gasteiger partial charge in [-0.05, 0) is 38.8 Å². The molecule has 1 unspecified atom stereocenters. The average molecular weight is 354 g/mol. The van der Waals surface area contributed by atoms with Gasteiger partial charge in [0.1, 0.15) is 5.69 Å². The molecule has 2 aromatic rings. The number of benzene rings is 2. The Bertz CT molecular complexity index is 827. The minimum atomic E-state index is -0.969. The van der Waals surface area contributed by atoms with Crippen molar-refractivity contribution in [3.63, 3.8) is 0 Å². The highest BCUT2D eigenvalue weighted by molar-refractivity contribution is 6.09. The Balaban J connectivity index is 2.01. The number of carbonyl (C=O) groups excluding carboxylic acids is 1. The summed E-state index contributed by atoms with van der Waals surface area (Å²) in [4.78, 5) is 25.7. The second-order valence-electron chi connectivity index (χ2n) is 7.16. The van der Waals surface area contributed by atoms with Gasteiger partial charge in [-0.3, -0.25) is 14.9 Å². The first-order chi connectivity index (χ1) is 12.3. The molecule has 0 bridgehead atoms. The van der Waals surface area contributed by atoms with E-state index in [1.54, 1.807) is 50.2 Å². The molecule has 0 aliphatic carbocycles. The van der Waals surface area contributed by atoms with Crippen LogP contribution in [0.4, 0.5) is 11.4 Å². The molecule has 0 radical (unpaired) electrons. The minimum Gasteiger partial charge on any atom is -0.388 e. The van der Waals surface area contributed by atoms with Crippen molar-refractivity contribution in [2.75, 3.05) is 11.4 Å². The lowest BCUT2D eigenvalue weighted by Crippen LogP contribution is -2.46. The van der Waals surface area contributed by atoms with Gasteiger partial charge in [0.15, 0.2) is 5.78 Å². The summed E-state index contributed by atoms with van der Waals surface area (Å²) in [6.07, 6.45) is 1.63. The predicted octanol–water partition coefficient (Wildman–Crippen LogP) is 3.57. The summed E-state index contributed by atoms with van der Waals surface area (Å²) in [5, 5.41) is 22.1. The minimum absolute atomic E-state index is 0.108. The van der Waals surface area contributed by atoms with Gasteiger partial charge < -0.3 is 10.0 Å². The second kappa shape index (κ2) is 6.88. The van der Waals surface area contributed by atoms with Crippen molar-refractivity contribution in [2.45, 2.75) is 38.3 Å². The lowest BCUT2D eigenvalue weighted by molar-refractivity contribution is -0.384. The van der Waals surface area contributed by atoms with Crippen molar-refractivity contribution in [1.82, 2.24) is 0 Å². The molecule has 6 nitrogen and oxygen atoms in total. The zero-order valence-corrected chi connectivity index (χ0v) is 14.9. The van der Waals surface area contributed by atoms with E-state index in [-0.39, 0.29) is 23.1 Å². The highest BCUT2D eigenvalue weighted by atomic mass is 16.6. The maximum Gasteiger partial charge on any atom is 0.293 e. The summed E-state index contributed by atoms with van der Waals surface area (Å²) in [5.41, 5.74) is 0.144. The average Bonchev–Trinajstić information content (AvgIpc) is 3.11. The molecule has 136 valence electrons. The Morgan fingerprint density at radius 2 is 1.88 bits per heavy atom. The lowest BCUT2D eigenvalue weighted by atomic mass is 9.95. The van der Waals surface area contributed by atoms with Crippen LogP contribution in [0.15, 0.2) is 48.5 Å². The summed E-state index contributed by atoms with van der Waals surface area (Å²) in [6, 6.07) is 13.1. The molecule has 0 amide bonds. The predicted molar refractivity (Wildman–Crippen MR) is 99.6 cm³/mol. The SMILES string of the molecule is CC(C)(O)C1CCCN1c1ccc(C(=O)c2ccccc2)cc1[N+](=O)[O-]. The van der Waals surface area contributed by atoms with Crippen molar-refractivity contribution >= 4 is 17.2 Å². The van der Waals surface area contributed by atoms with E-state index in [9.17, 15) is 20.0 Å². The van der Waals surface area contributed by atoms with Gasteiger partial charge in [0.2, 0.25) is 0 Å². The van der Waals surface area contributed by atoms with Crippen molar-refractivity contribution < 1.29 is 14.8 Å². The maximum absolute atomic E-state index is 12.6. The van der Waals surface area contributed by atoms with Crippen LogP contribution in [0.2, 0.25) is 0 Å². The Morgan fingerprint density at radius 1 is 1.19 bits per heavy atom. The molecule has 0 spiro atoms. The topological polar surface area (TPSA) is 83.7 Å². The van der Waals surface area contributed by atoms with E-state index < -0.39 is 10.5 Å². The number of nitrogens with zero attached hydrogens (tertiary/aromatic N) is 2. The molecule has 0 aromatic heterocycles. The second-order valence-corrected chi connectivity index (χ2v) is 7.16. The third-order valence-electron chi connectivity index (χ3n) is 4.85. The monoisotopic (exact) mass is 354 g/mol. The Kier molecular flexibility index (Phi) is 4.78. The van der Waals surface area contributed by atoms with E-state index in [0.29, 0.717) is 17.8 Å². The van der Waals surface area contributed by atoms with Gasteiger partial charge >= 0.3 is 0 Å². The van der Waals surface area contributed by atoms with Crippen LogP contribution < -0.4 is 4.90 Å². The fourth-order valence-corrected chi connectivity index (χ4v) is 3.60. The number of rotatable bonds is 5. The summed E-state index contributed by atoms with van der Waals surface area (Å²) < 4.78 is 0. The molecule has 1 fully saturated rings. The smallest absolute Gasteiger partial charge is 0.293 e. The quantitative estimate of drug-likeness (QED) is 0.504. The Labute approximate surface area is 152 Å². The van der Waals surface area contributed by atoms with E-state index in [2.05, 4.69) is 0 Å². The Morgan fingerprint density at radius 3 is 2.50 bits per heavy atom. The molecule has 1 atom stereocenters. The molecule has 3 rings (SSSR count). The molecule has 2 aromatic carbocycles. The molecule has 0 saturated carbocycles. The first-order valence-electron chi connectivity index (χ1n) is 8.66. The van der Waals surface area contributed by atoms with E-state index >= 15 is 0 Å². The maximum atomic E-state index is 12.6. The Hall–Kier alpha value is -2.73. The standard InChI is InChI=1S/C20H22N2O4/c1-20(2,24)18-9-6-12-21(18)16-11-10-15(13-17(16)22(25)26)19(23)14-7-4-3-5-8-14/h3-5,7-8,10-11,13,18,24H,6,9,12H2,1-2H3. The van der Waals surface area contributed by atoms with Gasteiger partial charge in [-0.1, -0.05) is 30.3 Å². The lowest BCUT2D eigenvalue weighted by Gasteiger charge is -2.35. The van der Waals surface area contributed by atoms with Crippen LogP contribution >= 0.6 is 0 Å². The fourth-order valence-electron chi connectivity index (χ4n) is 3.60. The number of ketones is 1. The molecule has 6 heteroatoms. The van der Waals surface area contributed by atoms with Crippen LogP contribution in [0.1, 0.15) is 42.6 Å². The van der Waals surface area contributed by atoms with Crippen LogP contribution in [-0.4, -0.2) is 34.0 Å². The van der Waals surface area contributed by atoms with Gasteiger partial charge in [0.25, 0.3) is 5.69 Å². The third kappa shape index (κ3) is 3.46. The molecule has 26 heavy (non-hydrogen) atoms. The summed E-state index contributed by atoms with van der Waals surface area (Å²) in [6.45, 7) is 4.08. The third-order valence-corrected chi connectivity index (χ3v) is 4.85. The number of hydrogen-bond donors (Lipinski definition) is 1. The highest BCUT2D eigenvalue weighted by Gasteiger charge is 2.38. The van der Waals surface area contributed by atoms with Gasteiger partial charge in [0.05, 0.1) is 16.6 Å². The first kappa shape index (κ1) is 18.1. The van der Waals surface area contributed by atoms with Crippen LogP contribution in [0.5, 0.6) is 0 Å². The van der Waals surface area contributed by atoms with Gasteiger partial charge in [0, 0.05) is 23.7 Å². The van der Waals surface area contributed by atoms with Crippen molar-refractivity contribution in [2.24, 2.45) is 0 Å². The van der Waals surface area contributed by atoms with Gasteiger partial charge in [-0.25, -0.2) is 0 Å². The molecule has 1 aliphatic heterocycles. The normalized spacial score (nSPS) is 17.3. The molecule has 1 heterocycles. The number of nitro groups is 1. The number of anilines is 1. The van der Waals surface area contributed by atoms with Crippen molar-refractivity contribution in [3.8, 4) is 0 Å². The molecular weight excluding hydrogens is 332 g/mol. The van der Waals surface area contributed by atoms with Crippen LogP contribution in [0, 0.1) is 10.1 Å². The van der Waals surface area contributed by atoms with Gasteiger partial charge in [-0.2, -0.15) is 0 Å². The van der Waals surface area contributed by atoms with E-state index in [4.69, 9.17) is 0 Å². The zero-order valence-electron chi connectivity index (χ0n) is 14.9. The van der Waals surface area contributed by atoms with E-state index in [0.717, 1.165) is 12.8 Å². The van der Waals surface area contributed by atoms with E-state index in [1.807, 2.05) is 11.0 Å². The van der Waals surface area contributed by atoms with Crippen molar-refractivity contribution in [3.05, 3.63) is 69.8 Å². The zero-order chi connectivity index (χ0) is 18.9. The number of hydrogen-bond acceptors (Lipinski definition) is 5. The number of aliphatic hydroxyl groups is 1. The molecular formula is C20H22N2O4. The molecule has 1 aliphatic rings. The summed E-state index contributed by atoms with van der Waals surface area (Å²) >= 11 is 0. The largest absolute Gasteiger partial charge is 0.388 e. The van der Waals surface area contributed by atoms with Crippen molar-refractivity contribution in [1.29, 1.82) is 0 Å². The number of nitro benzene ring substituents is 1. The first-order valence-corrected chi connectivity index (χ1v) is 8.66. The fraction of sp³-hybridized carbons (Fsp3) is 0.350. The van der Waals surface area contributed by atoms with Crippen LogP contribution in [0.25, 0.3) is 0 Å². The van der Waals surface area contributed by atoms with E-state index in [1.165, 1.54) is 6.07 Å².